The van der Waals surface area contributed by atoms with Gasteiger partial charge in [-0.05, 0) is 82.0 Å². The highest BCUT2D eigenvalue weighted by Gasteiger charge is 2.51. The summed E-state index contributed by atoms with van der Waals surface area (Å²) in [5, 5.41) is 114. The molecule has 1 fully saturated rings. The van der Waals surface area contributed by atoms with Gasteiger partial charge in [0.05, 0.1) is 61.0 Å². The number of ether oxygens (including phenoxy) is 3. The van der Waals surface area contributed by atoms with E-state index in [-0.39, 0.29) is 56.8 Å². The summed E-state index contributed by atoms with van der Waals surface area (Å²) in [7, 11) is 2.93. The number of nitrogens with one attached hydrogen (secondary N) is 1. The molecule has 13 N–H and O–H groups in total. The van der Waals surface area contributed by atoms with Gasteiger partial charge in [-0.1, -0.05) is 85.3 Å². The molecule has 69 heavy (non-hydrogen) atoms. The van der Waals surface area contributed by atoms with Crippen LogP contribution in [0.15, 0.2) is 41.4 Å². The molecule has 17 nitrogen and oxygen atoms in total. The molecule has 0 aromatic carbocycles. The lowest BCUT2D eigenvalue weighted by molar-refractivity contribution is -0.343. The number of aliphatic hydroxyl groups excluding tert-OH is 10. The Hall–Kier alpha value is -2.52. The Balaban J connectivity index is 2.30. The first-order valence-electron chi connectivity index (χ1n) is 25.7. The topological polar surface area (TPSA) is 297 Å². The van der Waals surface area contributed by atoms with Gasteiger partial charge in [-0.2, -0.15) is 0 Å². The Morgan fingerprint density at radius 2 is 1.42 bits per heavy atom. The number of aliphatic hydroxyl groups is 10. The van der Waals surface area contributed by atoms with E-state index in [1.807, 2.05) is 13.8 Å². The van der Waals surface area contributed by atoms with E-state index in [0.29, 0.717) is 18.3 Å². The number of nitrogens with two attached hydrogens (primary N) is 1. The highest BCUT2D eigenvalue weighted by Crippen LogP contribution is 2.38. The summed E-state index contributed by atoms with van der Waals surface area (Å²) in [4.78, 5) is 17.3. The van der Waals surface area contributed by atoms with Crippen molar-refractivity contribution in [2.24, 2.45) is 52.2 Å². The van der Waals surface area contributed by atoms with Crippen LogP contribution < -0.4 is 11.1 Å². The summed E-state index contributed by atoms with van der Waals surface area (Å²) < 4.78 is 17.9. The van der Waals surface area contributed by atoms with E-state index in [1.54, 1.807) is 46.9 Å². The number of allylic oxidation sites excluding steroid dienone is 2. The predicted octanol–water partition coefficient (Wildman–Crippen LogP) is 3.38. The Bertz CT molecular complexity index is 1550. The number of fused-ring (bicyclic) bond motifs is 2. The van der Waals surface area contributed by atoms with Crippen LogP contribution in [0.5, 0.6) is 0 Å². The molecule has 0 spiro atoms. The minimum atomic E-state index is -1.84. The van der Waals surface area contributed by atoms with Gasteiger partial charge in [-0.3, -0.25) is 4.99 Å². The molecule has 20 atom stereocenters. The van der Waals surface area contributed by atoms with E-state index in [4.69, 9.17) is 19.9 Å². The van der Waals surface area contributed by atoms with Crippen molar-refractivity contribution in [3.63, 3.8) is 0 Å². The number of carbonyl (C=O) groups is 1. The normalized spacial score (nSPS) is 40.3. The molecule has 2 bridgehead atoms. The summed E-state index contributed by atoms with van der Waals surface area (Å²) in [6.07, 6.45) is 2.61. The Morgan fingerprint density at radius 3 is 2.07 bits per heavy atom. The van der Waals surface area contributed by atoms with Gasteiger partial charge in [-0.15, -0.1) is 0 Å². The molecule has 17 heteroatoms. The van der Waals surface area contributed by atoms with Crippen molar-refractivity contribution < 1.29 is 70.1 Å². The highest BCUT2D eigenvalue weighted by molar-refractivity contribution is 5.82. The second-order valence-electron chi connectivity index (χ2n) is 20.8. The third kappa shape index (κ3) is 22.0. The first kappa shape index (κ1) is 62.6. The molecule has 0 radical (unpaired) electrons. The van der Waals surface area contributed by atoms with Crippen molar-refractivity contribution in [1.29, 1.82) is 0 Å². The van der Waals surface area contributed by atoms with Crippen LogP contribution in [0, 0.1) is 41.4 Å². The lowest BCUT2D eigenvalue weighted by atomic mass is 9.83. The van der Waals surface area contributed by atoms with Crippen LogP contribution in [-0.2, 0) is 19.0 Å². The van der Waals surface area contributed by atoms with Crippen molar-refractivity contribution in [2.45, 2.75) is 217 Å². The maximum Gasteiger partial charge on any atom is 0.330 e. The van der Waals surface area contributed by atoms with Crippen molar-refractivity contribution in [1.82, 2.24) is 5.32 Å². The second-order valence-corrected chi connectivity index (χ2v) is 20.8. The summed E-state index contributed by atoms with van der Waals surface area (Å²) in [5.41, 5.74) is 5.68. The van der Waals surface area contributed by atoms with E-state index < -0.39 is 109 Å². The number of hydrogen-bond acceptors (Lipinski definition) is 15. The largest absolute Gasteiger partial charge is 0.458 e. The molecule has 20 unspecified atom stereocenters. The fraction of sp³-hybridized carbons (Fsp3) is 0.846. The Kier molecular flexibility index (Phi) is 28.9. The number of cyclic esters (lactones) is 1. The van der Waals surface area contributed by atoms with Crippen LogP contribution in [0.25, 0.3) is 0 Å². The average Bonchev–Trinajstić information content (AvgIpc) is 3.30. The molecule has 402 valence electrons. The minimum absolute atomic E-state index is 0.0555. The van der Waals surface area contributed by atoms with Gasteiger partial charge in [-0.25, -0.2) is 4.79 Å². The van der Waals surface area contributed by atoms with Gasteiger partial charge in [0.25, 0.3) is 0 Å². The quantitative estimate of drug-likeness (QED) is 0.0439. The van der Waals surface area contributed by atoms with Crippen molar-refractivity contribution in [2.75, 3.05) is 20.7 Å². The minimum Gasteiger partial charge on any atom is -0.458 e. The number of rotatable bonds is 12. The smallest absolute Gasteiger partial charge is 0.330 e. The zero-order valence-electron chi connectivity index (χ0n) is 43.2. The van der Waals surface area contributed by atoms with Crippen molar-refractivity contribution >= 4 is 11.9 Å². The number of unbranched alkanes of at least 4 members (excludes halogenated alkanes) is 2. The molecule has 0 amide bonds. The van der Waals surface area contributed by atoms with Crippen LogP contribution >= 0.6 is 0 Å². The lowest BCUT2D eigenvalue weighted by Crippen LogP contribution is -2.60. The first-order valence-corrected chi connectivity index (χ1v) is 25.7. The molecule has 0 aromatic heterocycles. The fourth-order valence-electron chi connectivity index (χ4n) is 9.57. The van der Waals surface area contributed by atoms with Gasteiger partial charge in [0.15, 0.2) is 11.7 Å². The predicted molar refractivity (Wildman–Crippen MR) is 266 cm³/mol. The Morgan fingerprint density at radius 1 is 0.783 bits per heavy atom. The maximum absolute atomic E-state index is 13.5. The number of guanidine groups is 1. The van der Waals surface area contributed by atoms with Crippen molar-refractivity contribution in [3.05, 3.63) is 36.5 Å². The number of esters is 1. The number of methoxy groups -OCH3 is 1. The van der Waals surface area contributed by atoms with Crippen LogP contribution in [0.3, 0.4) is 0 Å². The highest BCUT2D eigenvalue weighted by atomic mass is 16.7. The monoisotopic (exact) mass is 986 g/mol. The first-order chi connectivity index (χ1) is 32.4. The van der Waals surface area contributed by atoms with Gasteiger partial charge >= 0.3 is 5.97 Å². The molecule has 2 aliphatic heterocycles. The average molecular weight is 986 g/mol. The molecule has 1 saturated heterocycles. The van der Waals surface area contributed by atoms with Gasteiger partial charge < -0.3 is 76.3 Å². The van der Waals surface area contributed by atoms with E-state index >= 15 is 0 Å². The molecular formula is C52H95N3O14. The molecule has 2 heterocycles. The van der Waals surface area contributed by atoms with E-state index in [0.717, 1.165) is 45.1 Å². The zero-order valence-corrected chi connectivity index (χ0v) is 43.2. The van der Waals surface area contributed by atoms with Crippen LogP contribution in [0.2, 0.25) is 0 Å². The summed E-state index contributed by atoms with van der Waals surface area (Å²) >= 11 is 0. The van der Waals surface area contributed by atoms with Crippen LogP contribution in [0.4, 0.5) is 0 Å². The molecular weight excluding hydrogens is 891 g/mol. The third-order valence-electron chi connectivity index (χ3n) is 14.7. The van der Waals surface area contributed by atoms with Gasteiger partial charge in [0.1, 0.15) is 12.2 Å². The van der Waals surface area contributed by atoms with E-state index in [1.165, 1.54) is 19.3 Å². The maximum atomic E-state index is 13.5. The van der Waals surface area contributed by atoms with Gasteiger partial charge in [0, 0.05) is 69.7 Å². The molecule has 0 aliphatic carbocycles. The summed E-state index contributed by atoms with van der Waals surface area (Å²) in [5.74, 6) is -4.55. The van der Waals surface area contributed by atoms with E-state index in [2.05, 4.69) is 29.4 Å². The molecule has 0 saturated carbocycles. The third-order valence-corrected chi connectivity index (χ3v) is 14.7. The van der Waals surface area contributed by atoms with Gasteiger partial charge in [0.2, 0.25) is 0 Å². The number of hydrogen-bond donors (Lipinski definition) is 12. The SMILES string of the molecule is CN=C(N)NCCC/C=C/CCCC(C)CC(C)C1OC(=O)/C=C\C(C)C(O)CC(O)C(C)C(O)CCC(C)C(O)CC2(OC)OC(CC(O)CC(O)CC(O)C(C)C(O)/C=C/C1C)CC(O)C2O. The summed E-state index contributed by atoms with van der Waals surface area (Å²) in [6.45, 7) is 13.6. The molecule has 0 aromatic rings. The zero-order chi connectivity index (χ0) is 52.0. The Labute approximate surface area is 413 Å². The van der Waals surface area contributed by atoms with Crippen LogP contribution in [-0.4, -0.2) is 163 Å². The molecule has 2 aliphatic rings. The van der Waals surface area contributed by atoms with Crippen molar-refractivity contribution in [3.8, 4) is 0 Å². The number of aliphatic imine (C=N–C) groups is 1. The van der Waals surface area contributed by atoms with E-state index in [9.17, 15) is 55.9 Å². The standard InChI is InChI=1S/C52H95N3O14/c1-31(16-14-12-10-11-13-15-23-55-51(53)54-8)24-35(5)49-34(4)18-21-42(59)36(6)44(61)27-39(57)25-38(56)26-40-28-46(63)50(66)52(67-9,69-40)30-47(64)33(3)17-20-41(58)37(7)45(62)29-43(60)32(2)19-22-48(65)68-49/h10-11,18-19,21-22,31-47,49-50,56-64,66H,12-17,20,23-30H2,1-9H3,(H3,53,54,55)/b11-10+,21-18+,22-19-. The lowest BCUT2D eigenvalue weighted by Gasteiger charge is -2.47. The number of nitrogens with zero attached hydrogens (tertiary/aromatic N) is 1. The second kappa shape index (κ2) is 31.8. The molecule has 2 rings (SSSR count). The fourth-order valence-corrected chi connectivity index (χ4v) is 9.57. The number of carbonyl (C=O) groups excluding carboxylic acids is 1. The summed E-state index contributed by atoms with van der Waals surface area (Å²) in [6, 6.07) is 0. The van der Waals surface area contributed by atoms with Crippen LogP contribution in [0.1, 0.15) is 138 Å².